The molecule has 1 aromatic carbocycles. The van der Waals surface area contributed by atoms with Crippen LogP contribution in [0, 0.1) is 0 Å². The normalized spacial score (nSPS) is 12.8. The van der Waals surface area contributed by atoms with Crippen LogP contribution in [0.2, 0.25) is 0 Å². The van der Waals surface area contributed by atoms with E-state index in [0.717, 1.165) is 4.68 Å². The first-order valence-corrected chi connectivity index (χ1v) is 5.75. The summed E-state index contributed by atoms with van der Waals surface area (Å²) in [4.78, 5) is 23.1. The number of rotatable bonds is 3. The second-order valence-corrected chi connectivity index (χ2v) is 4.12. The first kappa shape index (κ1) is 12.4. The first-order valence-electron chi connectivity index (χ1n) is 5.75. The van der Waals surface area contributed by atoms with Gasteiger partial charge in [0.15, 0.2) is 11.5 Å². The van der Waals surface area contributed by atoms with Gasteiger partial charge in [-0.05, 0) is 6.07 Å². The molecule has 1 aliphatic rings. The molecule has 2 aromatic rings. The Morgan fingerprint density at radius 3 is 2.75 bits per heavy atom. The van der Waals surface area contributed by atoms with Gasteiger partial charge >= 0.3 is 5.97 Å². The van der Waals surface area contributed by atoms with Gasteiger partial charge in [-0.1, -0.05) is 0 Å². The average molecular weight is 280 g/mol. The number of hydrogen-bond donors (Lipinski definition) is 1. The van der Waals surface area contributed by atoms with E-state index in [2.05, 4.69) is 5.10 Å². The van der Waals surface area contributed by atoms with Crippen molar-refractivity contribution in [3.63, 3.8) is 0 Å². The van der Waals surface area contributed by atoms with Gasteiger partial charge in [-0.15, -0.1) is 0 Å². The summed E-state index contributed by atoms with van der Waals surface area (Å²) < 4.78 is 24.0. The van der Waals surface area contributed by atoms with Crippen LogP contribution in [0.5, 0.6) is 11.5 Å². The van der Waals surface area contributed by atoms with E-state index in [4.69, 9.17) is 14.6 Å². The maximum absolute atomic E-state index is 12.6. The number of hydrogen-bond acceptors (Lipinski definition) is 5. The van der Waals surface area contributed by atoms with Crippen molar-refractivity contribution in [3.05, 3.63) is 28.0 Å². The third kappa shape index (κ3) is 1.77. The molecule has 2 heterocycles. The SMILES string of the molecule is O=C(O)c1nn(CCF)c2cc3c(cc2c1=O)OCO3. The van der Waals surface area contributed by atoms with Crippen LogP contribution in [-0.2, 0) is 6.54 Å². The lowest BCUT2D eigenvalue weighted by molar-refractivity contribution is 0.0686. The molecular weight excluding hydrogens is 271 g/mol. The van der Waals surface area contributed by atoms with Gasteiger partial charge in [0.05, 0.1) is 17.4 Å². The molecule has 0 spiro atoms. The van der Waals surface area contributed by atoms with E-state index in [0.29, 0.717) is 17.0 Å². The third-order valence-electron chi connectivity index (χ3n) is 2.95. The largest absolute Gasteiger partial charge is 0.476 e. The van der Waals surface area contributed by atoms with Crippen molar-refractivity contribution in [3.8, 4) is 11.5 Å². The minimum atomic E-state index is -1.46. The highest BCUT2D eigenvalue weighted by Gasteiger charge is 2.21. The number of carbonyl (C=O) groups is 1. The van der Waals surface area contributed by atoms with Crippen LogP contribution in [0.1, 0.15) is 10.5 Å². The molecule has 0 fully saturated rings. The summed E-state index contributed by atoms with van der Waals surface area (Å²) in [5.74, 6) is -0.694. The summed E-state index contributed by atoms with van der Waals surface area (Å²) in [5, 5.41) is 12.8. The molecule has 8 heteroatoms. The summed E-state index contributed by atoms with van der Waals surface area (Å²) >= 11 is 0. The van der Waals surface area contributed by atoms with Crippen LogP contribution < -0.4 is 14.9 Å². The van der Waals surface area contributed by atoms with E-state index < -0.39 is 23.8 Å². The van der Waals surface area contributed by atoms with Crippen LogP contribution in [0.25, 0.3) is 10.9 Å². The summed E-state index contributed by atoms with van der Waals surface area (Å²) in [6.45, 7) is -0.878. The monoisotopic (exact) mass is 280 g/mol. The molecule has 3 rings (SSSR count). The second kappa shape index (κ2) is 4.48. The molecule has 7 nitrogen and oxygen atoms in total. The Bertz CT molecular complexity index is 771. The molecular formula is C12H9FN2O5. The minimum absolute atomic E-state index is 0.0160. The Kier molecular flexibility index (Phi) is 2.78. The van der Waals surface area contributed by atoms with E-state index in [1.165, 1.54) is 12.1 Å². The fraction of sp³-hybridized carbons (Fsp3) is 0.250. The fourth-order valence-corrected chi connectivity index (χ4v) is 2.06. The van der Waals surface area contributed by atoms with Gasteiger partial charge in [-0.2, -0.15) is 5.10 Å². The molecule has 0 unspecified atom stereocenters. The van der Waals surface area contributed by atoms with Gasteiger partial charge in [0.25, 0.3) is 0 Å². The Labute approximate surface area is 111 Å². The molecule has 104 valence electrons. The number of aryl methyl sites for hydroxylation is 1. The lowest BCUT2D eigenvalue weighted by Crippen LogP contribution is -2.23. The number of aromatic carboxylic acids is 1. The zero-order valence-electron chi connectivity index (χ0n) is 10.1. The summed E-state index contributed by atoms with van der Waals surface area (Å²) in [6, 6.07) is 2.89. The fourth-order valence-electron chi connectivity index (χ4n) is 2.06. The zero-order chi connectivity index (χ0) is 14.3. The van der Waals surface area contributed by atoms with Crippen molar-refractivity contribution >= 4 is 16.9 Å². The smallest absolute Gasteiger partial charge is 0.360 e. The highest BCUT2D eigenvalue weighted by atomic mass is 19.1. The molecule has 0 aliphatic carbocycles. The standard InChI is InChI=1S/C12H9FN2O5/c13-1-2-15-7-4-9-8(19-5-20-9)3-6(7)11(16)10(14-15)12(17)18/h3-4H,1-2,5H2,(H,17,18). The maximum Gasteiger partial charge on any atom is 0.360 e. The lowest BCUT2D eigenvalue weighted by Gasteiger charge is -2.09. The van der Waals surface area contributed by atoms with E-state index in [9.17, 15) is 14.0 Å². The average Bonchev–Trinajstić information content (AvgIpc) is 2.87. The van der Waals surface area contributed by atoms with Crippen LogP contribution in [0.4, 0.5) is 4.39 Å². The van der Waals surface area contributed by atoms with E-state index in [-0.39, 0.29) is 18.7 Å². The van der Waals surface area contributed by atoms with E-state index >= 15 is 0 Å². The van der Waals surface area contributed by atoms with Gasteiger partial charge in [0.1, 0.15) is 6.67 Å². The molecule has 0 saturated heterocycles. The Morgan fingerprint density at radius 2 is 2.10 bits per heavy atom. The van der Waals surface area contributed by atoms with Crippen molar-refractivity contribution in [2.45, 2.75) is 6.54 Å². The second-order valence-electron chi connectivity index (χ2n) is 4.12. The van der Waals surface area contributed by atoms with E-state index in [1.54, 1.807) is 0 Å². The summed E-state index contributed by atoms with van der Waals surface area (Å²) in [7, 11) is 0. The van der Waals surface area contributed by atoms with Gasteiger partial charge in [-0.3, -0.25) is 9.48 Å². The number of aromatic nitrogens is 2. The highest BCUT2D eigenvalue weighted by Crippen LogP contribution is 2.34. The van der Waals surface area contributed by atoms with Gasteiger partial charge in [-0.25, -0.2) is 9.18 Å². The van der Waals surface area contributed by atoms with Crippen LogP contribution in [-0.4, -0.2) is 34.3 Å². The number of carboxylic acid groups (broad SMARTS) is 1. The maximum atomic E-state index is 12.6. The highest BCUT2D eigenvalue weighted by molar-refractivity contribution is 5.91. The molecule has 0 amide bonds. The molecule has 20 heavy (non-hydrogen) atoms. The Morgan fingerprint density at radius 1 is 1.40 bits per heavy atom. The number of fused-ring (bicyclic) bond motifs is 2. The molecule has 0 atom stereocenters. The van der Waals surface area contributed by atoms with Crippen LogP contribution >= 0.6 is 0 Å². The van der Waals surface area contributed by atoms with Gasteiger partial charge < -0.3 is 14.6 Å². The van der Waals surface area contributed by atoms with Gasteiger partial charge in [0, 0.05) is 6.07 Å². The van der Waals surface area contributed by atoms with Crippen LogP contribution in [0.15, 0.2) is 16.9 Å². The third-order valence-corrected chi connectivity index (χ3v) is 2.95. The Hall–Kier alpha value is -2.64. The van der Waals surface area contributed by atoms with Crippen LogP contribution in [0.3, 0.4) is 0 Å². The number of carboxylic acids is 1. The molecule has 1 aliphatic heterocycles. The summed E-state index contributed by atoms with van der Waals surface area (Å²) in [5.41, 5.74) is -1.08. The van der Waals surface area contributed by atoms with Crippen molar-refractivity contribution < 1.29 is 23.8 Å². The van der Waals surface area contributed by atoms with Crippen molar-refractivity contribution in [1.29, 1.82) is 0 Å². The topological polar surface area (TPSA) is 90.7 Å². The number of halogens is 1. The molecule has 0 saturated carbocycles. The molecule has 0 radical (unpaired) electrons. The first-order chi connectivity index (χ1) is 9.61. The Balaban J connectivity index is 2.38. The number of ether oxygens (including phenoxy) is 2. The van der Waals surface area contributed by atoms with Crippen molar-refractivity contribution in [1.82, 2.24) is 9.78 Å². The van der Waals surface area contributed by atoms with Crippen molar-refractivity contribution in [2.24, 2.45) is 0 Å². The molecule has 0 bridgehead atoms. The zero-order valence-corrected chi connectivity index (χ0v) is 10.1. The lowest BCUT2D eigenvalue weighted by atomic mass is 10.1. The van der Waals surface area contributed by atoms with Crippen molar-refractivity contribution in [2.75, 3.05) is 13.5 Å². The number of benzene rings is 1. The van der Waals surface area contributed by atoms with Gasteiger partial charge in [0.2, 0.25) is 17.9 Å². The summed E-state index contributed by atoms with van der Waals surface area (Å²) in [6.07, 6.45) is 0. The quantitative estimate of drug-likeness (QED) is 0.894. The predicted octanol–water partition coefficient (Wildman–Crippen LogP) is 0.793. The minimum Gasteiger partial charge on any atom is -0.476 e. The number of alkyl halides is 1. The molecule has 1 aromatic heterocycles. The predicted molar refractivity (Wildman–Crippen MR) is 65.1 cm³/mol. The van der Waals surface area contributed by atoms with E-state index in [1.807, 2.05) is 0 Å². The number of nitrogens with zero attached hydrogens (tertiary/aromatic N) is 2. The molecule has 1 N–H and O–H groups in total.